The van der Waals surface area contributed by atoms with E-state index >= 15 is 0 Å². The van der Waals surface area contributed by atoms with Crippen molar-refractivity contribution in [3.05, 3.63) is 60.2 Å². The Kier molecular flexibility index (Phi) is 6.24. The highest BCUT2D eigenvalue weighted by Crippen LogP contribution is 2.27. The van der Waals surface area contributed by atoms with E-state index in [-0.39, 0.29) is 11.8 Å². The SMILES string of the molecule is O=C(C=Cc1ccc(N2CCCC2=O)cc1)Nc1cccc(SC(F)F)c1. The van der Waals surface area contributed by atoms with Crippen molar-refractivity contribution in [1.82, 2.24) is 0 Å². The van der Waals surface area contributed by atoms with E-state index < -0.39 is 5.76 Å². The van der Waals surface area contributed by atoms with Crippen molar-refractivity contribution in [2.75, 3.05) is 16.8 Å². The van der Waals surface area contributed by atoms with Gasteiger partial charge in [-0.15, -0.1) is 0 Å². The molecule has 0 bridgehead atoms. The number of nitrogens with zero attached hydrogens (tertiary/aromatic N) is 1. The van der Waals surface area contributed by atoms with E-state index in [0.29, 0.717) is 28.8 Å². The molecule has 0 unspecified atom stereocenters. The number of halogens is 2. The number of rotatable bonds is 6. The molecule has 1 saturated heterocycles. The van der Waals surface area contributed by atoms with E-state index in [1.54, 1.807) is 29.2 Å². The average molecular weight is 388 g/mol. The van der Waals surface area contributed by atoms with Gasteiger partial charge in [0.1, 0.15) is 0 Å². The quantitative estimate of drug-likeness (QED) is 0.572. The summed E-state index contributed by atoms with van der Waals surface area (Å²) in [6.45, 7) is 0.735. The molecule has 0 aromatic heterocycles. The first-order valence-electron chi connectivity index (χ1n) is 8.45. The number of alkyl halides is 2. The van der Waals surface area contributed by atoms with Gasteiger partial charge < -0.3 is 10.2 Å². The summed E-state index contributed by atoms with van der Waals surface area (Å²) in [5, 5.41) is 2.65. The fourth-order valence-corrected chi connectivity index (χ4v) is 3.35. The molecule has 2 aromatic carbocycles. The Balaban J connectivity index is 1.59. The Morgan fingerprint density at radius 2 is 1.96 bits per heavy atom. The summed E-state index contributed by atoms with van der Waals surface area (Å²) in [6.07, 6.45) is 4.49. The number of hydrogen-bond acceptors (Lipinski definition) is 3. The van der Waals surface area contributed by atoms with Gasteiger partial charge in [-0.1, -0.05) is 30.0 Å². The molecule has 7 heteroatoms. The van der Waals surface area contributed by atoms with Crippen molar-refractivity contribution in [2.45, 2.75) is 23.5 Å². The van der Waals surface area contributed by atoms with Gasteiger partial charge in [0, 0.05) is 35.3 Å². The molecular weight excluding hydrogens is 370 g/mol. The number of nitrogens with one attached hydrogen (secondary N) is 1. The molecule has 1 heterocycles. The molecule has 0 aliphatic carbocycles. The van der Waals surface area contributed by atoms with Crippen molar-refractivity contribution in [3.8, 4) is 0 Å². The molecule has 0 spiro atoms. The van der Waals surface area contributed by atoms with E-state index in [1.807, 2.05) is 24.3 Å². The van der Waals surface area contributed by atoms with Crippen molar-refractivity contribution >= 4 is 41.0 Å². The van der Waals surface area contributed by atoms with Crippen LogP contribution < -0.4 is 10.2 Å². The highest BCUT2D eigenvalue weighted by molar-refractivity contribution is 7.99. The second kappa shape index (κ2) is 8.81. The molecular formula is C20H18F2N2O2S. The summed E-state index contributed by atoms with van der Waals surface area (Å²) >= 11 is 0.431. The molecule has 0 atom stereocenters. The molecule has 2 aromatic rings. The first kappa shape index (κ1) is 19.1. The predicted octanol–water partition coefficient (Wildman–Crippen LogP) is 4.78. The lowest BCUT2D eigenvalue weighted by molar-refractivity contribution is -0.117. The van der Waals surface area contributed by atoms with Crippen molar-refractivity contribution in [2.24, 2.45) is 0 Å². The summed E-state index contributed by atoms with van der Waals surface area (Å²) in [5.74, 6) is -2.73. The molecule has 1 aliphatic rings. The third-order valence-electron chi connectivity index (χ3n) is 4.03. The van der Waals surface area contributed by atoms with Crippen LogP contribution in [0, 0.1) is 0 Å². The minimum atomic E-state index is -2.50. The van der Waals surface area contributed by atoms with Crippen LogP contribution in [0.5, 0.6) is 0 Å². The van der Waals surface area contributed by atoms with Crippen LogP contribution in [0.4, 0.5) is 20.2 Å². The summed E-state index contributed by atoms with van der Waals surface area (Å²) in [7, 11) is 0. The van der Waals surface area contributed by atoms with Gasteiger partial charge in [0.25, 0.3) is 5.76 Å². The molecule has 1 fully saturated rings. The van der Waals surface area contributed by atoms with Crippen LogP contribution in [0.1, 0.15) is 18.4 Å². The van der Waals surface area contributed by atoms with E-state index in [1.165, 1.54) is 12.1 Å². The molecule has 3 rings (SSSR count). The molecule has 1 aliphatic heterocycles. The monoisotopic (exact) mass is 388 g/mol. The van der Waals surface area contributed by atoms with Crippen LogP contribution in [0.15, 0.2) is 59.5 Å². The zero-order valence-electron chi connectivity index (χ0n) is 14.4. The first-order valence-corrected chi connectivity index (χ1v) is 9.33. The molecule has 4 nitrogen and oxygen atoms in total. The van der Waals surface area contributed by atoms with Gasteiger partial charge in [-0.3, -0.25) is 9.59 Å². The number of amides is 2. The molecule has 1 N–H and O–H groups in total. The van der Waals surface area contributed by atoms with E-state index in [4.69, 9.17) is 0 Å². The molecule has 27 heavy (non-hydrogen) atoms. The lowest BCUT2D eigenvalue weighted by Gasteiger charge is -2.15. The Labute approximate surface area is 160 Å². The third kappa shape index (κ3) is 5.40. The fourth-order valence-electron chi connectivity index (χ4n) is 2.79. The van der Waals surface area contributed by atoms with Crippen LogP contribution in [0.3, 0.4) is 0 Å². The van der Waals surface area contributed by atoms with Crippen molar-refractivity contribution in [1.29, 1.82) is 0 Å². The molecule has 140 valence electrons. The largest absolute Gasteiger partial charge is 0.322 e. The first-order chi connectivity index (χ1) is 13.0. The zero-order valence-corrected chi connectivity index (χ0v) is 15.2. The fraction of sp³-hybridized carbons (Fsp3) is 0.200. The average Bonchev–Trinajstić information content (AvgIpc) is 3.06. The number of anilines is 2. The maximum Gasteiger partial charge on any atom is 0.288 e. The Morgan fingerprint density at radius 1 is 1.19 bits per heavy atom. The second-order valence-electron chi connectivity index (χ2n) is 5.97. The lowest BCUT2D eigenvalue weighted by atomic mass is 10.2. The van der Waals surface area contributed by atoms with Crippen LogP contribution >= 0.6 is 11.8 Å². The molecule has 2 amide bonds. The van der Waals surface area contributed by atoms with Crippen molar-refractivity contribution < 1.29 is 18.4 Å². The summed E-state index contributed by atoms with van der Waals surface area (Å²) in [6, 6.07) is 13.7. The normalized spacial score (nSPS) is 14.3. The number of carbonyl (C=O) groups excluding carboxylic acids is 2. The van der Waals surface area contributed by atoms with E-state index in [0.717, 1.165) is 24.2 Å². The maximum absolute atomic E-state index is 12.4. The number of carbonyl (C=O) groups is 2. The van der Waals surface area contributed by atoms with Crippen LogP contribution in [-0.4, -0.2) is 24.1 Å². The maximum atomic E-state index is 12.4. The highest BCUT2D eigenvalue weighted by atomic mass is 32.2. The summed E-state index contributed by atoms with van der Waals surface area (Å²) in [5.41, 5.74) is 2.13. The van der Waals surface area contributed by atoms with Gasteiger partial charge in [-0.2, -0.15) is 8.78 Å². The van der Waals surface area contributed by atoms with Gasteiger partial charge in [0.2, 0.25) is 11.8 Å². The van der Waals surface area contributed by atoms with Gasteiger partial charge >= 0.3 is 0 Å². The Bertz CT molecular complexity index is 853. The lowest BCUT2D eigenvalue weighted by Crippen LogP contribution is -2.23. The number of benzene rings is 2. The predicted molar refractivity (Wildman–Crippen MR) is 104 cm³/mol. The molecule has 0 radical (unpaired) electrons. The number of thioether (sulfide) groups is 1. The minimum absolute atomic E-state index is 0.130. The smallest absolute Gasteiger partial charge is 0.288 e. The standard InChI is InChI=1S/C20H18F2N2O2S/c21-20(22)27-17-4-1-3-15(13-17)23-18(25)11-8-14-6-9-16(10-7-14)24-12-2-5-19(24)26/h1,3-4,6-11,13,20H,2,5,12H2,(H,23,25). The number of hydrogen-bond donors (Lipinski definition) is 1. The van der Waals surface area contributed by atoms with Crippen LogP contribution in [0.25, 0.3) is 6.08 Å². The summed E-state index contributed by atoms with van der Waals surface area (Å²) < 4.78 is 24.8. The van der Waals surface area contributed by atoms with Crippen LogP contribution in [-0.2, 0) is 9.59 Å². The minimum Gasteiger partial charge on any atom is -0.322 e. The van der Waals surface area contributed by atoms with E-state index in [9.17, 15) is 18.4 Å². The summed E-state index contributed by atoms with van der Waals surface area (Å²) in [4.78, 5) is 25.9. The zero-order chi connectivity index (χ0) is 19.2. The van der Waals surface area contributed by atoms with Gasteiger partial charge in [0.15, 0.2) is 0 Å². The van der Waals surface area contributed by atoms with Gasteiger partial charge in [0.05, 0.1) is 0 Å². The second-order valence-corrected chi connectivity index (χ2v) is 7.03. The van der Waals surface area contributed by atoms with Crippen LogP contribution in [0.2, 0.25) is 0 Å². The van der Waals surface area contributed by atoms with Gasteiger partial charge in [-0.05, 0) is 48.4 Å². The van der Waals surface area contributed by atoms with E-state index in [2.05, 4.69) is 5.32 Å². The van der Waals surface area contributed by atoms with Gasteiger partial charge in [-0.25, -0.2) is 0 Å². The topological polar surface area (TPSA) is 49.4 Å². The molecule has 0 saturated carbocycles. The highest BCUT2D eigenvalue weighted by Gasteiger charge is 2.21. The Morgan fingerprint density at radius 3 is 2.63 bits per heavy atom. The Hall–Kier alpha value is -2.67. The third-order valence-corrected chi connectivity index (χ3v) is 4.74. The van der Waals surface area contributed by atoms with Crippen molar-refractivity contribution in [3.63, 3.8) is 0 Å².